The average Bonchev–Trinajstić information content (AvgIpc) is 2.29. The van der Waals surface area contributed by atoms with Gasteiger partial charge in [-0.25, -0.2) is 0 Å². The van der Waals surface area contributed by atoms with Crippen molar-refractivity contribution in [3.8, 4) is 0 Å². The quantitative estimate of drug-likeness (QED) is 0.420. The second-order valence-corrected chi connectivity index (χ2v) is 3.86. The van der Waals surface area contributed by atoms with E-state index in [0.29, 0.717) is 6.42 Å². The largest absolute Gasteiger partial charge is 0.303 e. The maximum absolute atomic E-state index is 10.7. The lowest BCUT2D eigenvalue weighted by Gasteiger charge is -2.27. The Bertz CT molecular complexity index is 364. The molecular formula is C12H15NO3. The Labute approximate surface area is 94.4 Å². The topological polar surface area (TPSA) is 60.2 Å². The van der Waals surface area contributed by atoms with E-state index in [9.17, 15) is 14.9 Å². The first-order chi connectivity index (χ1) is 7.64. The predicted molar refractivity (Wildman–Crippen MR) is 61.0 cm³/mol. The van der Waals surface area contributed by atoms with Gasteiger partial charge < -0.3 is 4.79 Å². The first kappa shape index (κ1) is 12.4. The van der Waals surface area contributed by atoms with Gasteiger partial charge in [-0.15, -0.1) is 0 Å². The molecule has 0 N–H and O–H groups in total. The second kappa shape index (κ2) is 5.39. The van der Waals surface area contributed by atoms with Crippen molar-refractivity contribution in [2.45, 2.75) is 25.2 Å². The Kier molecular flexibility index (Phi) is 4.17. The minimum Gasteiger partial charge on any atom is -0.303 e. The van der Waals surface area contributed by atoms with E-state index >= 15 is 0 Å². The van der Waals surface area contributed by atoms with Gasteiger partial charge in [0.15, 0.2) is 0 Å². The van der Waals surface area contributed by atoms with Crippen LogP contribution in [0, 0.1) is 10.1 Å². The zero-order chi connectivity index (χ0) is 12.0. The lowest BCUT2D eigenvalue weighted by atomic mass is 9.76. The van der Waals surface area contributed by atoms with E-state index in [1.54, 1.807) is 0 Å². The van der Waals surface area contributed by atoms with Crippen molar-refractivity contribution in [3.05, 3.63) is 46.0 Å². The van der Waals surface area contributed by atoms with Gasteiger partial charge in [0.1, 0.15) is 6.29 Å². The molecule has 1 aromatic rings. The van der Waals surface area contributed by atoms with Crippen LogP contribution in [0.25, 0.3) is 0 Å². The fourth-order valence-corrected chi connectivity index (χ4v) is 1.93. The molecule has 86 valence electrons. The third-order valence-electron chi connectivity index (χ3n) is 2.97. The van der Waals surface area contributed by atoms with Crippen LogP contribution >= 0.6 is 0 Å². The Morgan fingerprint density at radius 2 is 2.00 bits per heavy atom. The fourth-order valence-electron chi connectivity index (χ4n) is 1.93. The van der Waals surface area contributed by atoms with Crippen LogP contribution in [0.3, 0.4) is 0 Å². The number of nitrogens with zero attached hydrogens (tertiary/aromatic N) is 1. The third-order valence-corrected chi connectivity index (χ3v) is 2.97. The van der Waals surface area contributed by atoms with Crippen LogP contribution < -0.4 is 0 Å². The zero-order valence-corrected chi connectivity index (χ0v) is 9.26. The highest BCUT2D eigenvalue weighted by Crippen LogP contribution is 2.31. The molecule has 0 aliphatic rings. The van der Waals surface area contributed by atoms with Gasteiger partial charge in [-0.3, -0.25) is 10.1 Å². The number of hydrogen-bond acceptors (Lipinski definition) is 3. The lowest BCUT2D eigenvalue weighted by Crippen LogP contribution is -2.34. The number of hydrogen-bond donors (Lipinski definition) is 0. The van der Waals surface area contributed by atoms with Crippen LogP contribution in [0.2, 0.25) is 0 Å². The highest BCUT2D eigenvalue weighted by atomic mass is 16.6. The summed E-state index contributed by atoms with van der Waals surface area (Å²) in [6.07, 6.45) is 1.53. The molecule has 0 bridgehead atoms. The third kappa shape index (κ3) is 2.66. The molecule has 0 aromatic heterocycles. The number of nitro groups is 1. The number of aldehydes is 1. The Hall–Kier alpha value is -1.71. The van der Waals surface area contributed by atoms with Crippen molar-refractivity contribution >= 4 is 6.29 Å². The summed E-state index contributed by atoms with van der Waals surface area (Å²) in [6.45, 7) is 1.67. The molecule has 0 spiro atoms. The normalized spacial score (nSPS) is 14.1. The molecule has 0 saturated carbocycles. The molecule has 0 fully saturated rings. The molecule has 0 amide bonds. The van der Waals surface area contributed by atoms with E-state index in [0.717, 1.165) is 11.8 Å². The summed E-state index contributed by atoms with van der Waals surface area (Å²) in [7, 11) is 0. The number of carbonyl (C=O) groups is 1. The van der Waals surface area contributed by atoms with Crippen LogP contribution in [0.15, 0.2) is 30.3 Å². The smallest absolute Gasteiger partial charge is 0.213 e. The lowest BCUT2D eigenvalue weighted by molar-refractivity contribution is -0.491. The highest BCUT2D eigenvalue weighted by molar-refractivity contribution is 5.53. The van der Waals surface area contributed by atoms with Crippen molar-refractivity contribution in [1.29, 1.82) is 0 Å². The minimum atomic E-state index is -0.660. The van der Waals surface area contributed by atoms with Crippen LogP contribution in [0.4, 0.5) is 0 Å². The SMILES string of the molecule is CC[C@@](CC=O)(C[N+](=O)[O-])c1ccccc1. The van der Waals surface area contributed by atoms with Gasteiger partial charge in [0.25, 0.3) is 0 Å². The van der Waals surface area contributed by atoms with Gasteiger partial charge in [0.2, 0.25) is 6.54 Å². The highest BCUT2D eigenvalue weighted by Gasteiger charge is 2.35. The van der Waals surface area contributed by atoms with Crippen molar-refractivity contribution < 1.29 is 9.72 Å². The summed E-state index contributed by atoms with van der Waals surface area (Å²) in [4.78, 5) is 21.1. The molecule has 1 aromatic carbocycles. The molecule has 0 aliphatic heterocycles. The maximum atomic E-state index is 10.7. The summed E-state index contributed by atoms with van der Waals surface area (Å²) < 4.78 is 0. The number of rotatable bonds is 6. The molecule has 4 nitrogen and oxygen atoms in total. The van der Waals surface area contributed by atoms with E-state index < -0.39 is 5.41 Å². The van der Waals surface area contributed by atoms with Crippen molar-refractivity contribution in [2.24, 2.45) is 0 Å². The molecule has 1 rings (SSSR count). The van der Waals surface area contributed by atoms with E-state index in [2.05, 4.69) is 0 Å². The minimum absolute atomic E-state index is 0.189. The van der Waals surface area contributed by atoms with Gasteiger partial charge in [0.05, 0.1) is 5.41 Å². The van der Waals surface area contributed by atoms with E-state index in [1.807, 2.05) is 37.3 Å². The van der Waals surface area contributed by atoms with Gasteiger partial charge in [-0.2, -0.15) is 0 Å². The Morgan fingerprint density at radius 1 is 1.38 bits per heavy atom. The summed E-state index contributed by atoms with van der Waals surface area (Å²) in [5.41, 5.74) is 0.202. The van der Waals surface area contributed by atoms with Gasteiger partial charge >= 0.3 is 0 Å². The molecule has 0 radical (unpaired) electrons. The summed E-state index contributed by atoms with van der Waals surface area (Å²) in [6, 6.07) is 9.22. The van der Waals surface area contributed by atoms with E-state index in [4.69, 9.17) is 0 Å². The molecule has 1 atom stereocenters. The number of benzene rings is 1. The van der Waals surface area contributed by atoms with Crippen LogP contribution in [0.1, 0.15) is 25.3 Å². The first-order valence-corrected chi connectivity index (χ1v) is 5.25. The van der Waals surface area contributed by atoms with Crippen molar-refractivity contribution in [2.75, 3.05) is 6.54 Å². The average molecular weight is 221 g/mol. The van der Waals surface area contributed by atoms with Crippen LogP contribution in [0.5, 0.6) is 0 Å². The molecule has 0 heterocycles. The summed E-state index contributed by atoms with van der Waals surface area (Å²) >= 11 is 0. The fraction of sp³-hybridized carbons (Fsp3) is 0.417. The maximum Gasteiger partial charge on any atom is 0.213 e. The molecule has 16 heavy (non-hydrogen) atoms. The Morgan fingerprint density at radius 3 is 2.44 bits per heavy atom. The van der Waals surface area contributed by atoms with Crippen LogP contribution in [-0.4, -0.2) is 17.8 Å². The zero-order valence-electron chi connectivity index (χ0n) is 9.26. The van der Waals surface area contributed by atoms with Gasteiger partial charge in [-0.1, -0.05) is 37.3 Å². The molecule has 4 heteroatoms. The van der Waals surface area contributed by atoms with Crippen LogP contribution in [-0.2, 0) is 10.2 Å². The Balaban J connectivity index is 3.11. The molecule has 0 unspecified atom stereocenters. The summed E-state index contributed by atoms with van der Waals surface area (Å²) in [5, 5.41) is 10.7. The predicted octanol–water partition coefficient (Wildman–Crippen LogP) is 2.20. The van der Waals surface area contributed by atoms with Crippen molar-refractivity contribution in [3.63, 3.8) is 0 Å². The van der Waals surface area contributed by atoms with Gasteiger partial charge in [-0.05, 0) is 12.0 Å². The molecule has 0 aliphatic carbocycles. The summed E-state index contributed by atoms with van der Waals surface area (Å²) in [5.74, 6) is 0. The first-order valence-electron chi connectivity index (χ1n) is 5.25. The number of carbonyl (C=O) groups excluding carboxylic acids is 1. The molecule has 0 saturated heterocycles. The standard InChI is InChI=1S/C12H15NO3/c1-2-12(8-9-14,10-13(15)16)11-6-4-3-5-7-11/h3-7,9H,2,8,10H2,1H3/t12-/m1/s1. The van der Waals surface area contributed by atoms with Crippen molar-refractivity contribution in [1.82, 2.24) is 0 Å². The second-order valence-electron chi connectivity index (χ2n) is 3.86. The molecular weight excluding hydrogens is 206 g/mol. The van der Waals surface area contributed by atoms with E-state index in [-0.39, 0.29) is 17.9 Å². The van der Waals surface area contributed by atoms with E-state index in [1.165, 1.54) is 0 Å². The van der Waals surface area contributed by atoms with Gasteiger partial charge in [0, 0.05) is 11.3 Å². The monoisotopic (exact) mass is 221 g/mol.